The summed E-state index contributed by atoms with van der Waals surface area (Å²) in [6.07, 6.45) is 1.46. The van der Waals surface area contributed by atoms with Gasteiger partial charge in [-0.05, 0) is 30.5 Å². The molecule has 1 aromatic rings. The van der Waals surface area contributed by atoms with Gasteiger partial charge in [-0.2, -0.15) is 0 Å². The number of carbonyl (C=O) groups is 1. The molecule has 0 radical (unpaired) electrons. The van der Waals surface area contributed by atoms with Crippen LogP contribution in [0.5, 0.6) is 17.2 Å². The fraction of sp³-hybridized carbons (Fsp3) is 0.471. The Kier molecular flexibility index (Phi) is 6.19. The number of allylic oxidation sites excluding steroid dienone is 1. The van der Waals surface area contributed by atoms with Gasteiger partial charge in [0.15, 0.2) is 24.1 Å². The third-order valence-electron chi connectivity index (χ3n) is 3.90. The molecule has 0 aliphatic carbocycles. The molecule has 3 unspecified atom stereocenters. The molecule has 3 atom stereocenters. The summed E-state index contributed by atoms with van der Waals surface area (Å²) in [6, 6.07) is 3.85. The van der Waals surface area contributed by atoms with Gasteiger partial charge in [0.05, 0.1) is 6.42 Å². The van der Waals surface area contributed by atoms with Crippen LogP contribution in [0.2, 0.25) is 0 Å². The number of hydrogen-bond acceptors (Lipinski definition) is 7. The molecule has 1 aromatic carbocycles. The molecule has 2 N–H and O–H groups in total. The molecule has 1 saturated heterocycles. The second kappa shape index (κ2) is 8.14. The molecule has 1 aliphatic rings. The molecule has 1 aliphatic heterocycles. The Morgan fingerprint density at radius 3 is 2.62 bits per heavy atom. The van der Waals surface area contributed by atoms with Crippen LogP contribution in [-0.4, -0.2) is 43.0 Å². The molecule has 0 saturated carbocycles. The normalized spacial score (nSPS) is 25.6. The van der Waals surface area contributed by atoms with E-state index in [0.29, 0.717) is 6.42 Å². The van der Waals surface area contributed by atoms with Gasteiger partial charge in [0.25, 0.3) is 0 Å². The SMILES string of the molecule is CC=C1C(CC(=O)Oc2ccc(O)c(O)c2)CC(OC)OC1OC. The van der Waals surface area contributed by atoms with Gasteiger partial charge in [-0.25, -0.2) is 0 Å². The lowest BCUT2D eigenvalue weighted by Crippen LogP contribution is -2.38. The number of benzene rings is 1. The lowest BCUT2D eigenvalue weighted by Gasteiger charge is -2.35. The molecule has 0 amide bonds. The van der Waals surface area contributed by atoms with Crippen molar-refractivity contribution in [2.24, 2.45) is 5.92 Å². The Labute approximate surface area is 140 Å². The second-order valence-corrected chi connectivity index (χ2v) is 5.42. The van der Waals surface area contributed by atoms with Crippen LogP contribution in [0.4, 0.5) is 0 Å². The zero-order chi connectivity index (χ0) is 17.7. The largest absolute Gasteiger partial charge is 0.504 e. The van der Waals surface area contributed by atoms with Gasteiger partial charge >= 0.3 is 5.97 Å². The summed E-state index contributed by atoms with van der Waals surface area (Å²) in [7, 11) is 3.06. The van der Waals surface area contributed by atoms with Gasteiger partial charge in [-0.3, -0.25) is 4.79 Å². The number of phenols is 2. The number of hydrogen-bond donors (Lipinski definition) is 2. The molecule has 7 nitrogen and oxygen atoms in total. The van der Waals surface area contributed by atoms with Crippen molar-refractivity contribution in [1.82, 2.24) is 0 Å². The summed E-state index contributed by atoms with van der Waals surface area (Å²) >= 11 is 0. The molecule has 0 spiro atoms. The van der Waals surface area contributed by atoms with Crippen LogP contribution in [0.3, 0.4) is 0 Å². The van der Waals surface area contributed by atoms with Crippen molar-refractivity contribution in [3.63, 3.8) is 0 Å². The first-order valence-corrected chi connectivity index (χ1v) is 7.58. The van der Waals surface area contributed by atoms with E-state index in [-0.39, 0.29) is 29.6 Å². The van der Waals surface area contributed by atoms with Crippen molar-refractivity contribution in [1.29, 1.82) is 0 Å². The number of methoxy groups -OCH3 is 2. The van der Waals surface area contributed by atoms with E-state index in [1.165, 1.54) is 32.4 Å². The van der Waals surface area contributed by atoms with Crippen molar-refractivity contribution < 1.29 is 34.0 Å². The zero-order valence-corrected chi connectivity index (χ0v) is 13.9. The highest BCUT2D eigenvalue weighted by Crippen LogP contribution is 2.34. The summed E-state index contributed by atoms with van der Waals surface area (Å²) in [4.78, 5) is 12.2. The predicted octanol–water partition coefficient (Wildman–Crippen LogP) is 2.32. The van der Waals surface area contributed by atoms with Crippen LogP contribution in [0.1, 0.15) is 19.8 Å². The highest BCUT2D eigenvalue weighted by atomic mass is 16.8. The smallest absolute Gasteiger partial charge is 0.311 e. The van der Waals surface area contributed by atoms with Crippen molar-refractivity contribution >= 4 is 5.97 Å². The third kappa shape index (κ3) is 4.25. The third-order valence-corrected chi connectivity index (χ3v) is 3.90. The standard InChI is InChI=1S/C17H22O7/c1-4-12-10(8-16(21-2)24-17(12)22-3)7-15(20)23-11-5-6-13(18)14(19)9-11/h4-6,9-10,16-19H,7-8H2,1-3H3. The molecule has 24 heavy (non-hydrogen) atoms. The molecular weight excluding hydrogens is 316 g/mol. The van der Waals surface area contributed by atoms with Crippen LogP contribution in [0, 0.1) is 5.92 Å². The topological polar surface area (TPSA) is 94.5 Å². The quantitative estimate of drug-likeness (QED) is 0.368. The average molecular weight is 338 g/mol. The van der Waals surface area contributed by atoms with Gasteiger partial charge in [-0.15, -0.1) is 0 Å². The number of esters is 1. The van der Waals surface area contributed by atoms with Gasteiger partial charge < -0.3 is 29.2 Å². The minimum absolute atomic E-state index is 0.115. The minimum Gasteiger partial charge on any atom is -0.504 e. The van der Waals surface area contributed by atoms with Crippen LogP contribution in [-0.2, 0) is 19.0 Å². The molecule has 0 bridgehead atoms. The summed E-state index contributed by atoms with van der Waals surface area (Å²) in [5.74, 6) is -1.07. The fourth-order valence-corrected chi connectivity index (χ4v) is 2.69. The molecule has 1 heterocycles. The summed E-state index contributed by atoms with van der Waals surface area (Å²) in [5.41, 5.74) is 0.858. The van der Waals surface area contributed by atoms with Crippen LogP contribution in [0.25, 0.3) is 0 Å². The first-order chi connectivity index (χ1) is 11.5. The molecule has 0 aromatic heterocycles. The van der Waals surface area contributed by atoms with Crippen LogP contribution < -0.4 is 4.74 Å². The monoisotopic (exact) mass is 338 g/mol. The maximum absolute atomic E-state index is 12.2. The Bertz CT molecular complexity index is 611. The Morgan fingerprint density at radius 1 is 1.29 bits per heavy atom. The van der Waals surface area contributed by atoms with E-state index in [9.17, 15) is 15.0 Å². The fourth-order valence-electron chi connectivity index (χ4n) is 2.69. The average Bonchev–Trinajstić information content (AvgIpc) is 2.57. The van der Waals surface area contributed by atoms with Crippen molar-refractivity contribution in [2.45, 2.75) is 32.3 Å². The Hall–Kier alpha value is -2.09. The van der Waals surface area contributed by atoms with Crippen molar-refractivity contribution in [2.75, 3.05) is 14.2 Å². The first-order valence-electron chi connectivity index (χ1n) is 7.58. The van der Waals surface area contributed by atoms with E-state index < -0.39 is 18.5 Å². The number of rotatable bonds is 5. The van der Waals surface area contributed by atoms with Gasteiger partial charge in [0.2, 0.25) is 0 Å². The Morgan fingerprint density at radius 2 is 2.04 bits per heavy atom. The summed E-state index contributed by atoms with van der Waals surface area (Å²) in [6.45, 7) is 1.86. The molecule has 7 heteroatoms. The number of aromatic hydroxyl groups is 2. The maximum Gasteiger partial charge on any atom is 0.311 e. The maximum atomic E-state index is 12.2. The number of carbonyl (C=O) groups excluding carboxylic acids is 1. The Balaban J connectivity index is 2.06. The van der Waals surface area contributed by atoms with Gasteiger partial charge in [0, 0.05) is 26.7 Å². The van der Waals surface area contributed by atoms with Crippen LogP contribution in [0.15, 0.2) is 29.8 Å². The summed E-state index contributed by atoms with van der Waals surface area (Å²) < 4.78 is 21.4. The molecule has 2 rings (SSSR count). The van der Waals surface area contributed by atoms with E-state index in [4.69, 9.17) is 18.9 Å². The minimum atomic E-state index is -0.566. The zero-order valence-electron chi connectivity index (χ0n) is 13.9. The van der Waals surface area contributed by atoms with E-state index in [2.05, 4.69) is 0 Å². The van der Waals surface area contributed by atoms with E-state index in [1.54, 1.807) is 0 Å². The van der Waals surface area contributed by atoms with Crippen molar-refractivity contribution in [3.8, 4) is 17.2 Å². The molecular formula is C17H22O7. The van der Waals surface area contributed by atoms with Crippen molar-refractivity contribution in [3.05, 3.63) is 29.8 Å². The number of ether oxygens (including phenoxy) is 4. The molecule has 1 fully saturated rings. The first kappa shape index (κ1) is 18.3. The second-order valence-electron chi connectivity index (χ2n) is 5.42. The van der Waals surface area contributed by atoms with Crippen LogP contribution >= 0.6 is 0 Å². The number of phenolic OH excluding ortho intramolecular Hbond substituents is 2. The van der Waals surface area contributed by atoms with Gasteiger partial charge in [-0.1, -0.05) is 6.08 Å². The lowest BCUT2D eigenvalue weighted by atomic mass is 9.89. The van der Waals surface area contributed by atoms with Gasteiger partial charge in [0.1, 0.15) is 5.75 Å². The van der Waals surface area contributed by atoms with E-state index in [1.807, 2.05) is 13.0 Å². The highest BCUT2D eigenvalue weighted by molar-refractivity contribution is 5.73. The van der Waals surface area contributed by atoms with E-state index in [0.717, 1.165) is 5.57 Å². The summed E-state index contributed by atoms with van der Waals surface area (Å²) in [5, 5.41) is 18.7. The molecule has 132 valence electrons. The predicted molar refractivity (Wildman–Crippen MR) is 84.6 cm³/mol. The lowest BCUT2D eigenvalue weighted by molar-refractivity contribution is -0.239. The van der Waals surface area contributed by atoms with E-state index >= 15 is 0 Å². The highest BCUT2D eigenvalue weighted by Gasteiger charge is 2.35.